The highest BCUT2D eigenvalue weighted by molar-refractivity contribution is 6.00. The standard InChI is InChI=1S/C16H23N5O.2ClH/c1-16(2,17)11-5-3-10(4-6-11)15(22)20-13-7-8-18-14-12(13)9-19-21-14;;/h7-11H,3-6,17H2,1-2H3,(H2,18,19,20,21,22);2*1H. The van der Waals surface area contributed by atoms with Gasteiger partial charge in [0, 0.05) is 17.7 Å². The SMILES string of the molecule is CC(C)(N)C1CCC(C(=O)Nc2ccnc3[nH]ncc23)CC1.Cl.Cl. The molecule has 0 spiro atoms. The van der Waals surface area contributed by atoms with Gasteiger partial charge in [0.1, 0.15) is 0 Å². The number of nitrogens with zero attached hydrogens (tertiary/aromatic N) is 2. The third kappa shape index (κ3) is 4.37. The maximum Gasteiger partial charge on any atom is 0.227 e. The molecule has 0 saturated heterocycles. The Balaban J connectivity index is 0.00000144. The zero-order chi connectivity index (χ0) is 15.7. The van der Waals surface area contributed by atoms with Crippen LogP contribution in [0.2, 0.25) is 0 Å². The summed E-state index contributed by atoms with van der Waals surface area (Å²) in [5.41, 5.74) is 7.49. The number of rotatable bonds is 3. The molecule has 24 heavy (non-hydrogen) atoms. The van der Waals surface area contributed by atoms with Gasteiger partial charge in [-0.05, 0) is 51.5 Å². The summed E-state index contributed by atoms with van der Waals surface area (Å²) < 4.78 is 0. The number of nitrogens with one attached hydrogen (secondary N) is 2. The molecule has 1 aliphatic rings. The number of carbonyl (C=O) groups excluding carboxylic acids is 1. The molecule has 1 saturated carbocycles. The number of hydrogen-bond acceptors (Lipinski definition) is 4. The predicted molar refractivity (Wildman–Crippen MR) is 101 cm³/mol. The second kappa shape index (κ2) is 8.14. The quantitative estimate of drug-likeness (QED) is 0.768. The van der Waals surface area contributed by atoms with Crippen molar-refractivity contribution in [1.29, 1.82) is 0 Å². The molecule has 0 unspecified atom stereocenters. The maximum atomic E-state index is 12.5. The Morgan fingerprint density at radius 3 is 2.58 bits per heavy atom. The van der Waals surface area contributed by atoms with Crippen molar-refractivity contribution >= 4 is 47.4 Å². The van der Waals surface area contributed by atoms with Gasteiger partial charge in [-0.1, -0.05) is 0 Å². The number of aromatic nitrogens is 3. The van der Waals surface area contributed by atoms with Crippen LogP contribution in [0.1, 0.15) is 39.5 Å². The van der Waals surface area contributed by atoms with Crippen LogP contribution in [-0.2, 0) is 4.79 Å². The van der Waals surface area contributed by atoms with Crippen LogP contribution in [0.4, 0.5) is 5.69 Å². The van der Waals surface area contributed by atoms with Crippen molar-refractivity contribution in [2.75, 3.05) is 5.32 Å². The number of carbonyl (C=O) groups is 1. The third-order valence-electron chi connectivity index (χ3n) is 4.76. The van der Waals surface area contributed by atoms with E-state index >= 15 is 0 Å². The van der Waals surface area contributed by atoms with Gasteiger partial charge in [-0.15, -0.1) is 24.8 Å². The number of hydrogen-bond donors (Lipinski definition) is 3. The zero-order valence-corrected chi connectivity index (χ0v) is 15.5. The molecule has 4 N–H and O–H groups in total. The van der Waals surface area contributed by atoms with Crippen molar-refractivity contribution in [3.8, 4) is 0 Å². The van der Waals surface area contributed by atoms with Gasteiger partial charge in [0.05, 0.1) is 17.3 Å². The van der Waals surface area contributed by atoms with Crippen LogP contribution in [0.15, 0.2) is 18.5 Å². The fraction of sp³-hybridized carbons (Fsp3) is 0.562. The summed E-state index contributed by atoms with van der Waals surface area (Å²) in [5.74, 6) is 0.647. The molecule has 1 aliphatic carbocycles. The number of H-pyrrole nitrogens is 1. The minimum absolute atomic E-state index is 0. The highest BCUT2D eigenvalue weighted by Gasteiger charge is 2.32. The molecule has 0 aliphatic heterocycles. The van der Waals surface area contributed by atoms with Crippen LogP contribution in [-0.4, -0.2) is 26.6 Å². The number of nitrogens with two attached hydrogens (primary N) is 1. The number of anilines is 1. The van der Waals surface area contributed by atoms with E-state index in [4.69, 9.17) is 5.73 Å². The summed E-state index contributed by atoms with van der Waals surface area (Å²) in [5, 5.41) is 10.6. The van der Waals surface area contributed by atoms with Crippen LogP contribution >= 0.6 is 24.8 Å². The lowest BCUT2D eigenvalue weighted by atomic mass is 9.73. The number of amides is 1. The predicted octanol–water partition coefficient (Wildman–Crippen LogP) is 3.28. The van der Waals surface area contributed by atoms with Crippen LogP contribution in [0.25, 0.3) is 11.0 Å². The van der Waals surface area contributed by atoms with Gasteiger partial charge in [0.25, 0.3) is 0 Å². The van der Waals surface area contributed by atoms with Gasteiger partial charge in [-0.3, -0.25) is 9.89 Å². The fourth-order valence-corrected chi connectivity index (χ4v) is 3.29. The van der Waals surface area contributed by atoms with E-state index in [1.807, 2.05) is 6.07 Å². The monoisotopic (exact) mass is 373 g/mol. The Morgan fingerprint density at radius 2 is 1.96 bits per heavy atom. The molecule has 1 amide bonds. The van der Waals surface area contributed by atoms with Crippen LogP contribution < -0.4 is 11.1 Å². The van der Waals surface area contributed by atoms with Gasteiger partial charge in [-0.2, -0.15) is 5.10 Å². The molecule has 2 heterocycles. The Kier molecular flexibility index (Phi) is 7.01. The van der Waals surface area contributed by atoms with Gasteiger partial charge in [-0.25, -0.2) is 4.98 Å². The van der Waals surface area contributed by atoms with Crippen molar-refractivity contribution in [3.05, 3.63) is 18.5 Å². The molecule has 0 atom stereocenters. The summed E-state index contributed by atoms with van der Waals surface area (Å²) in [6.45, 7) is 4.15. The molecule has 0 radical (unpaired) electrons. The van der Waals surface area contributed by atoms with E-state index in [1.54, 1.807) is 12.4 Å². The highest BCUT2D eigenvalue weighted by atomic mass is 35.5. The van der Waals surface area contributed by atoms with Crippen molar-refractivity contribution in [2.45, 2.75) is 45.1 Å². The van der Waals surface area contributed by atoms with Crippen LogP contribution in [0.3, 0.4) is 0 Å². The van der Waals surface area contributed by atoms with Gasteiger partial charge in [0.2, 0.25) is 5.91 Å². The number of halogens is 2. The van der Waals surface area contributed by atoms with Gasteiger partial charge in [0.15, 0.2) is 5.65 Å². The van der Waals surface area contributed by atoms with Crippen molar-refractivity contribution in [2.24, 2.45) is 17.6 Å². The Hall–Kier alpha value is -1.37. The molecule has 3 rings (SSSR count). The van der Waals surface area contributed by atoms with Crippen LogP contribution in [0, 0.1) is 11.8 Å². The summed E-state index contributed by atoms with van der Waals surface area (Å²) in [6, 6.07) is 1.81. The smallest absolute Gasteiger partial charge is 0.227 e. The van der Waals surface area contributed by atoms with Crippen molar-refractivity contribution in [3.63, 3.8) is 0 Å². The largest absolute Gasteiger partial charge is 0.325 e. The van der Waals surface area contributed by atoms with E-state index < -0.39 is 0 Å². The minimum atomic E-state index is -0.157. The Morgan fingerprint density at radius 1 is 1.29 bits per heavy atom. The van der Waals surface area contributed by atoms with E-state index in [9.17, 15) is 4.79 Å². The molecule has 2 aromatic heterocycles. The van der Waals surface area contributed by atoms with E-state index in [1.165, 1.54) is 0 Å². The molecule has 0 aromatic carbocycles. The number of pyridine rings is 1. The van der Waals surface area contributed by atoms with Gasteiger partial charge >= 0.3 is 0 Å². The molecule has 2 aromatic rings. The van der Waals surface area contributed by atoms with E-state index in [0.717, 1.165) is 36.8 Å². The van der Waals surface area contributed by atoms with Crippen molar-refractivity contribution < 1.29 is 4.79 Å². The second-order valence-electron chi connectivity index (χ2n) is 6.85. The topological polar surface area (TPSA) is 96.7 Å². The third-order valence-corrected chi connectivity index (χ3v) is 4.76. The summed E-state index contributed by atoms with van der Waals surface area (Å²) in [4.78, 5) is 16.7. The molecule has 1 fully saturated rings. The lowest BCUT2D eigenvalue weighted by molar-refractivity contribution is -0.121. The molecule has 6 nitrogen and oxygen atoms in total. The lowest BCUT2D eigenvalue weighted by Crippen LogP contribution is -2.43. The highest BCUT2D eigenvalue weighted by Crippen LogP contribution is 2.35. The first-order chi connectivity index (χ1) is 10.4. The zero-order valence-electron chi connectivity index (χ0n) is 13.9. The van der Waals surface area contributed by atoms with Crippen LogP contribution in [0.5, 0.6) is 0 Å². The average Bonchev–Trinajstić information content (AvgIpc) is 2.96. The summed E-state index contributed by atoms with van der Waals surface area (Å²) >= 11 is 0. The first kappa shape index (κ1) is 20.7. The van der Waals surface area contributed by atoms with Gasteiger partial charge < -0.3 is 11.1 Å². The second-order valence-corrected chi connectivity index (χ2v) is 6.85. The molecule has 134 valence electrons. The van der Waals surface area contributed by atoms with Crippen molar-refractivity contribution in [1.82, 2.24) is 15.2 Å². The molecular weight excluding hydrogens is 349 g/mol. The normalized spacial score (nSPS) is 20.8. The Bertz CT molecular complexity index is 674. The van der Waals surface area contributed by atoms with E-state index in [-0.39, 0.29) is 42.2 Å². The molecule has 8 heteroatoms. The first-order valence-electron chi connectivity index (χ1n) is 7.83. The first-order valence-corrected chi connectivity index (χ1v) is 7.83. The molecular formula is C16H25Cl2N5O. The summed E-state index contributed by atoms with van der Waals surface area (Å²) in [7, 11) is 0. The van der Waals surface area contributed by atoms with E-state index in [0.29, 0.717) is 11.6 Å². The molecule has 0 bridgehead atoms. The lowest BCUT2D eigenvalue weighted by Gasteiger charge is -2.36. The fourth-order valence-electron chi connectivity index (χ4n) is 3.29. The average molecular weight is 374 g/mol. The number of fused-ring (bicyclic) bond motifs is 1. The minimum Gasteiger partial charge on any atom is -0.325 e. The summed E-state index contributed by atoms with van der Waals surface area (Å²) in [6.07, 6.45) is 7.18. The maximum absolute atomic E-state index is 12.5. The Labute approximate surface area is 154 Å². The number of aromatic amines is 1. The van der Waals surface area contributed by atoms with E-state index in [2.05, 4.69) is 34.3 Å².